The maximum Gasteiger partial charge on any atom is 0.457 e. The van der Waals surface area contributed by atoms with E-state index in [1.54, 1.807) is 41.5 Å². The fourth-order valence-corrected chi connectivity index (χ4v) is 8.23. The van der Waals surface area contributed by atoms with Gasteiger partial charge in [0.15, 0.2) is 0 Å². The highest BCUT2D eigenvalue weighted by atomic mass is 16.7. The molecule has 3 saturated carbocycles. The van der Waals surface area contributed by atoms with Crippen molar-refractivity contribution in [2.75, 3.05) is 13.7 Å². The van der Waals surface area contributed by atoms with Crippen molar-refractivity contribution in [3.63, 3.8) is 0 Å². The molecular weight excluding hydrogens is 617 g/mol. The van der Waals surface area contributed by atoms with Crippen LogP contribution in [0.1, 0.15) is 108 Å². The number of carbonyl (C=O) groups is 4. The minimum atomic E-state index is -0.976. The SMILES string of the molecule is COC(=O)[C@@H]1[C@H](CCCB2O[C@@H]3[C@@H]4C[C@H](C[C@]3(C)O2)C4(C)C)[C@@H](NC(=O)[C@H](CC(C)C)NC(=O)OC(C)(C)C)CN1C(=O)OC(C)(C)C. The van der Waals surface area contributed by atoms with Crippen LogP contribution in [0.2, 0.25) is 6.32 Å². The van der Waals surface area contributed by atoms with Crippen molar-refractivity contribution < 1.29 is 42.7 Å². The molecule has 2 N–H and O–H groups in total. The molecular formula is C35H60BN3O9. The van der Waals surface area contributed by atoms with E-state index in [1.165, 1.54) is 18.4 Å². The number of methoxy groups -OCH3 is 1. The number of nitrogens with zero attached hydrogens (tertiary/aromatic N) is 1. The molecule has 0 aromatic carbocycles. The maximum atomic E-state index is 13.8. The van der Waals surface area contributed by atoms with Crippen LogP contribution in [0.4, 0.5) is 9.59 Å². The third-order valence-electron chi connectivity index (χ3n) is 10.6. The fraction of sp³-hybridized carbons (Fsp3) is 0.886. The third kappa shape index (κ3) is 8.60. The molecule has 0 aromatic rings. The van der Waals surface area contributed by atoms with Crippen molar-refractivity contribution in [3.05, 3.63) is 0 Å². The first-order valence-corrected chi connectivity index (χ1v) is 17.7. The number of alkyl carbamates (subject to hydrolysis) is 1. The minimum absolute atomic E-state index is 0.0423. The fourth-order valence-electron chi connectivity index (χ4n) is 8.23. The topological polar surface area (TPSA) is 142 Å². The lowest BCUT2D eigenvalue weighted by molar-refractivity contribution is -0.185. The second-order valence-corrected chi connectivity index (χ2v) is 17.6. The Morgan fingerprint density at radius 1 is 1.02 bits per heavy atom. The molecule has 0 radical (unpaired) electrons. The van der Waals surface area contributed by atoms with Crippen molar-refractivity contribution in [3.8, 4) is 0 Å². The molecule has 0 unspecified atom stereocenters. The van der Waals surface area contributed by atoms with E-state index in [2.05, 4.69) is 31.4 Å². The van der Waals surface area contributed by atoms with Gasteiger partial charge in [0.2, 0.25) is 5.91 Å². The van der Waals surface area contributed by atoms with Crippen LogP contribution in [0, 0.1) is 29.1 Å². The van der Waals surface area contributed by atoms with Gasteiger partial charge >= 0.3 is 25.3 Å². The Balaban J connectivity index is 1.51. The van der Waals surface area contributed by atoms with Gasteiger partial charge in [-0.05, 0) is 104 Å². The maximum absolute atomic E-state index is 13.8. The van der Waals surface area contributed by atoms with Crippen molar-refractivity contribution in [2.45, 2.75) is 156 Å². The zero-order valence-corrected chi connectivity index (χ0v) is 31.3. The third-order valence-corrected chi connectivity index (χ3v) is 10.6. The Morgan fingerprint density at radius 2 is 1.67 bits per heavy atom. The predicted octanol–water partition coefficient (Wildman–Crippen LogP) is 5.33. The summed E-state index contributed by atoms with van der Waals surface area (Å²) in [5.41, 5.74) is -1.58. The highest BCUT2D eigenvalue weighted by Crippen LogP contribution is 2.64. The van der Waals surface area contributed by atoms with Crippen molar-refractivity contribution in [1.29, 1.82) is 0 Å². The van der Waals surface area contributed by atoms with Gasteiger partial charge in [0.1, 0.15) is 23.3 Å². The van der Waals surface area contributed by atoms with Crippen LogP contribution in [-0.2, 0) is 33.1 Å². The van der Waals surface area contributed by atoms with Gasteiger partial charge in [0.25, 0.3) is 0 Å². The molecule has 3 aliphatic carbocycles. The number of nitrogens with one attached hydrogen (secondary N) is 2. The van der Waals surface area contributed by atoms with E-state index in [1.807, 2.05) is 13.8 Å². The van der Waals surface area contributed by atoms with Crippen molar-refractivity contribution in [2.24, 2.45) is 29.1 Å². The van der Waals surface area contributed by atoms with Crippen LogP contribution in [0.5, 0.6) is 0 Å². The number of esters is 1. The molecule has 12 nitrogen and oxygen atoms in total. The summed E-state index contributed by atoms with van der Waals surface area (Å²) in [6.07, 6.45) is 2.95. The van der Waals surface area contributed by atoms with Gasteiger partial charge in [0, 0.05) is 12.5 Å². The average Bonchev–Trinajstić information content (AvgIpc) is 3.46. The van der Waals surface area contributed by atoms with E-state index >= 15 is 0 Å². The van der Waals surface area contributed by atoms with E-state index in [9.17, 15) is 19.2 Å². The number of amides is 3. The molecule has 2 heterocycles. The molecule has 2 bridgehead atoms. The number of hydrogen-bond donors (Lipinski definition) is 2. The number of rotatable bonds is 10. The molecule has 5 fully saturated rings. The van der Waals surface area contributed by atoms with Crippen LogP contribution in [0.3, 0.4) is 0 Å². The second kappa shape index (κ2) is 14.0. The zero-order chi connectivity index (χ0) is 36.0. The summed E-state index contributed by atoms with van der Waals surface area (Å²) in [5.74, 6) is -0.286. The summed E-state index contributed by atoms with van der Waals surface area (Å²) in [7, 11) is 0.925. The van der Waals surface area contributed by atoms with E-state index in [4.69, 9.17) is 23.5 Å². The van der Waals surface area contributed by atoms with Gasteiger partial charge < -0.3 is 34.2 Å². The number of likely N-dealkylation sites (tertiary alicyclic amines) is 1. The monoisotopic (exact) mass is 677 g/mol. The van der Waals surface area contributed by atoms with E-state index in [-0.39, 0.29) is 36.7 Å². The highest BCUT2D eigenvalue weighted by molar-refractivity contribution is 6.45. The lowest BCUT2D eigenvalue weighted by Gasteiger charge is -2.63. The van der Waals surface area contributed by atoms with Crippen LogP contribution in [0.15, 0.2) is 0 Å². The quantitative estimate of drug-likeness (QED) is 0.178. The summed E-state index contributed by atoms with van der Waals surface area (Å²) in [5, 5.41) is 5.80. The molecule has 5 rings (SSSR count). The summed E-state index contributed by atoms with van der Waals surface area (Å²) >= 11 is 0. The standard InChI is InChI=1S/C35H60BN3O9/c1-20(2)16-24(38-30(42)45-32(3,4)5)28(40)37-25-19-39(31(43)46-33(6,7)8)26(29(41)44-12)22(25)14-13-15-36-47-27-23-17-21(34(23,9)10)18-35(27,11)48-36/h20-27H,13-19H2,1-12H3,(H,37,40)(H,38,42)/t21-,22-,23+,24+,25+,26+,27-,35+/m1/s1. The van der Waals surface area contributed by atoms with Gasteiger partial charge in [-0.25, -0.2) is 14.4 Å². The molecule has 0 aromatic heterocycles. The Morgan fingerprint density at radius 3 is 2.23 bits per heavy atom. The van der Waals surface area contributed by atoms with Crippen molar-refractivity contribution >= 4 is 31.2 Å². The first-order valence-electron chi connectivity index (χ1n) is 17.7. The normalized spacial score (nSPS) is 31.4. The zero-order valence-electron chi connectivity index (χ0n) is 31.3. The van der Waals surface area contributed by atoms with E-state index in [0.29, 0.717) is 37.4 Å². The largest absolute Gasteiger partial charge is 0.467 e. The van der Waals surface area contributed by atoms with E-state index in [0.717, 1.165) is 6.42 Å². The molecule has 48 heavy (non-hydrogen) atoms. The molecule has 2 aliphatic heterocycles. The Bertz CT molecular complexity index is 1210. The summed E-state index contributed by atoms with van der Waals surface area (Å²) in [6, 6.07) is -2.47. The van der Waals surface area contributed by atoms with Gasteiger partial charge in [0.05, 0.1) is 24.9 Å². The van der Waals surface area contributed by atoms with Crippen LogP contribution < -0.4 is 10.6 Å². The first kappa shape index (κ1) is 38.3. The Kier molecular flexibility index (Phi) is 11.2. The number of carbonyl (C=O) groups excluding carboxylic acids is 4. The molecule has 13 heteroatoms. The molecule has 3 amide bonds. The van der Waals surface area contributed by atoms with Gasteiger partial charge in [-0.2, -0.15) is 0 Å². The van der Waals surface area contributed by atoms with Gasteiger partial charge in [-0.15, -0.1) is 0 Å². The van der Waals surface area contributed by atoms with E-state index < -0.39 is 59.3 Å². The van der Waals surface area contributed by atoms with Gasteiger partial charge in [-0.1, -0.05) is 34.1 Å². The van der Waals surface area contributed by atoms with Crippen LogP contribution >= 0.6 is 0 Å². The molecule has 8 atom stereocenters. The van der Waals surface area contributed by atoms with Crippen LogP contribution in [-0.4, -0.2) is 90.8 Å². The first-order chi connectivity index (χ1) is 22.0. The minimum Gasteiger partial charge on any atom is -0.467 e. The van der Waals surface area contributed by atoms with Gasteiger partial charge in [-0.3, -0.25) is 9.69 Å². The lowest BCUT2D eigenvalue weighted by atomic mass is 9.45. The van der Waals surface area contributed by atoms with Crippen molar-refractivity contribution in [1.82, 2.24) is 15.5 Å². The number of hydrogen-bond acceptors (Lipinski definition) is 9. The smallest absolute Gasteiger partial charge is 0.457 e. The second-order valence-electron chi connectivity index (χ2n) is 17.6. The summed E-state index contributed by atoms with van der Waals surface area (Å²) in [6.45, 7) is 21.3. The summed E-state index contributed by atoms with van der Waals surface area (Å²) < 4.78 is 29.4. The highest BCUT2D eigenvalue weighted by Gasteiger charge is 2.66. The molecule has 272 valence electrons. The number of ether oxygens (including phenoxy) is 3. The average molecular weight is 678 g/mol. The lowest BCUT2D eigenvalue weighted by Crippen LogP contribution is -2.63. The Hall–Kier alpha value is -2.54. The summed E-state index contributed by atoms with van der Waals surface area (Å²) in [4.78, 5) is 54.6. The molecule has 0 spiro atoms. The molecule has 2 saturated heterocycles. The predicted molar refractivity (Wildman–Crippen MR) is 181 cm³/mol. The Labute approximate surface area is 287 Å². The molecule has 5 aliphatic rings. The van der Waals surface area contributed by atoms with Crippen LogP contribution in [0.25, 0.3) is 0 Å².